The minimum Gasteiger partial charge on any atom is -0.493 e. The van der Waals surface area contributed by atoms with Gasteiger partial charge in [0.15, 0.2) is 17.6 Å². The summed E-state index contributed by atoms with van der Waals surface area (Å²) in [7, 11) is 0.689. The summed E-state index contributed by atoms with van der Waals surface area (Å²) >= 11 is 0. The van der Waals surface area contributed by atoms with Gasteiger partial charge in [0.1, 0.15) is 0 Å². The summed E-state index contributed by atoms with van der Waals surface area (Å²) < 4.78 is 49.0. The van der Waals surface area contributed by atoms with Crippen LogP contribution in [0, 0.1) is 12.8 Å². The number of rotatable bonds is 6. The van der Waals surface area contributed by atoms with Crippen LogP contribution in [0.5, 0.6) is 11.5 Å². The predicted molar refractivity (Wildman–Crippen MR) is 128 cm³/mol. The lowest BCUT2D eigenvalue weighted by molar-refractivity contribution is -0.136. The van der Waals surface area contributed by atoms with Crippen molar-refractivity contribution in [3.05, 3.63) is 53.1 Å². The van der Waals surface area contributed by atoms with Crippen LogP contribution < -0.4 is 9.47 Å². The van der Waals surface area contributed by atoms with E-state index >= 15 is 0 Å². The highest BCUT2D eigenvalue weighted by Crippen LogP contribution is 2.57. The largest absolute Gasteiger partial charge is 0.493 e. The Hall–Kier alpha value is -2.62. The maximum Gasteiger partial charge on any atom is 0.297 e. The van der Waals surface area contributed by atoms with Crippen LogP contribution in [0.15, 0.2) is 41.3 Å². The summed E-state index contributed by atoms with van der Waals surface area (Å²) in [5, 5.41) is 0. The standard InChI is InChI=1S/C26H31NO7S/c1-16-5-7-19(8-6-16)35(29,30)34-24-21-14-18(31-2)9-11-26(21)20-15-23(33-4)22(32-3)13-17(20)10-12-27(26)25(24)28/h5-8,13,15,18,21,24H,9-12,14H2,1-4H3/t18-,21+,24-,26-/m1/s1. The number of methoxy groups -OCH3 is 3. The summed E-state index contributed by atoms with van der Waals surface area (Å²) in [5.41, 5.74) is 2.31. The van der Waals surface area contributed by atoms with Crippen molar-refractivity contribution in [1.82, 2.24) is 4.90 Å². The Bertz CT molecular complexity index is 1240. The fourth-order valence-corrected chi connectivity index (χ4v) is 7.24. The molecule has 1 spiro atoms. The van der Waals surface area contributed by atoms with Crippen LogP contribution in [0.25, 0.3) is 0 Å². The zero-order chi connectivity index (χ0) is 25.0. The van der Waals surface area contributed by atoms with E-state index in [1.54, 1.807) is 33.5 Å². The number of benzene rings is 2. The summed E-state index contributed by atoms with van der Waals surface area (Å²) in [6.07, 6.45) is 1.34. The summed E-state index contributed by atoms with van der Waals surface area (Å²) in [6.45, 7) is 2.37. The van der Waals surface area contributed by atoms with Crippen LogP contribution in [0.3, 0.4) is 0 Å². The minimum absolute atomic E-state index is 0.0423. The molecular formula is C26H31NO7S. The SMILES string of the molecule is COc1cc2c(cc1OC)[C@]13CC[C@@H](OC)C[C@H]1[C@@H](OS(=O)(=O)c1ccc(C)cc1)C(=O)N3CC2. The van der Waals surface area contributed by atoms with Crippen molar-refractivity contribution >= 4 is 16.0 Å². The number of carbonyl (C=O) groups excluding carboxylic acids is 1. The van der Waals surface area contributed by atoms with Gasteiger partial charge in [-0.2, -0.15) is 8.42 Å². The Morgan fingerprint density at radius 3 is 2.37 bits per heavy atom. The van der Waals surface area contributed by atoms with Crippen LogP contribution in [-0.4, -0.2) is 59.3 Å². The fraction of sp³-hybridized carbons (Fsp3) is 0.500. The second-order valence-electron chi connectivity index (χ2n) is 9.55. The van der Waals surface area contributed by atoms with Crippen molar-refractivity contribution < 1.29 is 31.6 Å². The molecular weight excluding hydrogens is 470 g/mol. The molecule has 0 N–H and O–H groups in total. The number of aryl methyl sites for hydroxylation is 1. The van der Waals surface area contributed by atoms with E-state index < -0.39 is 27.7 Å². The molecule has 2 fully saturated rings. The van der Waals surface area contributed by atoms with Crippen LogP contribution >= 0.6 is 0 Å². The first-order valence-corrected chi connectivity index (χ1v) is 13.3. The maximum absolute atomic E-state index is 13.8. The number of hydrogen-bond donors (Lipinski definition) is 0. The molecule has 8 nitrogen and oxygen atoms in total. The monoisotopic (exact) mass is 501 g/mol. The lowest BCUT2D eigenvalue weighted by Gasteiger charge is -2.50. The van der Waals surface area contributed by atoms with E-state index in [1.165, 1.54) is 12.1 Å². The van der Waals surface area contributed by atoms with Crippen molar-refractivity contribution in [1.29, 1.82) is 0 Å². The number of hydrogen-bond acceptors (Lipinski definition) is 7. The normalized spacial score (nSPS) is 27.7. The van der Waals surface area contributed by atoms with Gasteiger partial charge in [0.2, 0.25) is 0 Å². The zero-order valence-corrected chi connectivity index (χ0v) is 21.3. The van der Waals surface area contributed by atoms with Gasteiger partial charge in [0.05, 0.1) is 30.8 Å². The average molecular weight is 502 g/mol. The predicted octanol–water partition coefficient (Wildman–Crippen LogP) is 3.20. The third-order valence-corrected chi connectivity index (χ3v) is 9.20. The van der Waals surface area contributed by atoms with Gasteiger partial charge < -0.3 is 19.1 Å². The molecule has 3 aliphatic rings. The van der Waals surface area contributed by atoms with Gasteiger partial charge >= 0.3 is 0 Å². The molecule has 0 radical (unpaired) electrons. The van der Waals surface area contributed by atoms with E-state index in [0.717, 1.165) is 23.1 Å². The second-order valence-corrected chi connectivity index (χ2v) is 11.1. The van der Waals surface area contributed by atoms with Crippen LogP contribution in [0.2, 0.25) is 0 Å². The first-order valence-electron chi connectivity index (χ1n) is 11.8. The van der Waals surface area contributed by atoms with Crippen molar-refractivity contribution in [2.75, 3.05) is 27.9 Å². The van der Waals surface area contributed by atoms with Crippen molar-refractivity contribution in [2.45, 2.75) is 55.2 Å². The van der Waals surface area contributed by atoms with E-state index in [4.69, 9.17) is 18.4 Å². The van der Waals surface area contributed by atoms with Gasteiger partial charge in [-0.05, 0) is 68.0 Å². The quantitative estimate of drug-likeness (QED) is 0.562. The molecule has 9 heteroatoms. The third-order valence-electron chi connectivity index (χ3n) is 7.89. The van der Waals surface area contributed by atoms with Gasteiger partial charge in [0.25, 0.3) is 16.0 Å². The highest BCUT2D eigenvalue weighted by molar-refractivity contribution is 7.86. The Labute approximate surface area is 206 Å². The molecule has 2 heterocycles. The average Bonchev–Trinajstić information content (AvgIpc) is 3.10. The van der Waals surface area contributed by atoms with Gasteiger partial charge in [0, 0.05) is 19.6 Å². The van der Waals surface area contributed by atoms with E-state index in [9.17, 15) is 13.2 Å². The number of carbonyl (C=O) groups is 1. The van der Waals surface area contributed by atoms with Crippen LogP contribution in [-0.2, 0) is 35.8 Å². The third kappa shape index (κ3) is 3.72. The minimum atomic E-state index is -4.15. The Morgan fingerprint density at radius 1 is 1.03 bits per heavy atom. The number of ether oxygens (including phenoxy) is 3. The van der Waals surface area contributed by atoms with Crippen molar-refractivity contribution in [2.24, 2.45) is 5.92 Å². The lowest BCUT2D eigenvalue weighted by atomic mass is 9.65. The van der Waals surface area contributed by atoms with E-state index in [0.29, 0.717) is 37.3 Å². The molecule has 4 atom stereocenters. The Balaban J connectivity index is 1.61. The molecule has 35 heavy (non-hydrogen) atoms. The topological polar surface area (TPSA) is 91.4 Å². The fourth-order valence-electron chi connectivity index (χ4n) is 6.17. The van der Waals surface area contributed by atoms with E-state index in [-0.39, 0.29) is 16.9 Å². The van der Waals surface area contributed by atoms with Gasteiger partial charge in [-0.3, -0.25) is 8.98 Å². The van der Waals surface area contributed by atoms with Crippen molar-refractivity contribution in [3.8, 4) is 11.5 Å². The molecule has 0 unspecified atom stereocenters. The zero-order valence-electron chi connectivity index (χ0n) is 20.4. The maximum atomic E-state index is 13.8. The first kappa shape index (κ1) is 24.1. The van der Waals surface area contributed by atoms with Gasteiger partial charge in [-0.15, -0.1) is 0 Å². The smallest absolute Gasteiger partial charge is 0.297 e. The molecule has 2 aromatic rings. The van der Waals surface area contributed by atoms with Gasteiger partial charge in [-0.1, -0.05) is 17.7 Å². The molecule has 188 valence electrons. The molecule has 0 aromatic heterocycles. The van der Waals surface area contributed by atoms with E-state index in [2.05, 4.69) is 0 Å². The van der Waals surface area contributed by atoms with Crippen molar-refractivity contribution in [3.63, 3.8) is 0 Å². The molecule has 2 aromatic carbocycles. The Kier molecular flexibility index (Phi) is 6.05. The molecule has 1 amide bonds. The van der Waals surface area contributed by atoms with Crippen LogP contribution in [0.1, 0.15) is 36.0 Å². The highest BCUT2D eigenvalue weighted by Gasteiger charge is 2.64. The summed E-state index contributed by atoms with van der Waals surface area (Å²) in [6, 6.07) is 10.4. The Morgan fingerprint density at radius 2 is 1.71 bits per heavy atom. The molecule has 5 rings (SSSR count). The number of nitrogens with zero attached hydrogens (tertiary/aromatic N) is 1. The second kappa shape index (κ2) is 8.80. The van der Waals surface area contributed by atoms with Crippen LogP contribution in [0.4, 0.5) is 0 Å². The summed E-state index contributed by atoms with van der Waals surface area (Å²) in [5.74, 6) is 0.533. The molecule has 1 aliphatic carbocycles. The molecule has 1 saturated heterocycles. The van der Waals surface area contributed by atoms with Gasteiger partial charge in [-0.25, -0.2) is 0 Å². The molecule has 0 bridgehead atoms. The lowest BCUT2D eigenvalue weighted by Crippen LogP contribution is -2.53. The summed E-state index contributed by atoms with van der Waals surface area (Å²) in [4.78, 5) is 15.7. The molecule has 2 aliphatic heterocycles. The highest BCUT2D eigenvalue weighted by atomic mass is 32.2. The first-order chi connectivity index (χ1) is 16.7. The number of amides is 1. The number of fused-ring (bicyclic) bond motifs is 1. The molecule has 1 saturated carbocycles. The van der Waals surface area contributed by atoms with E-state index in [1.807, 2.05) is 24.0 Å².